The normalized spacial score (nSPS) is 17.1. The van der Waals surface area contributed by atoms with Gasteiger partial charge in [-0.1, -0.05) is 12.1 Å². The average molecular weight is 362 g/mol. The van der Waals surface area contributed by atoms with Crippen molar-refractivity contribution in [3.63, 3.8) is 0 Å². The molecule has 1 unspecified atom stereocenters. The Hall–Kier alpha value is -3.06. The first-order valence-electron chi connectivity index (χ1n) is 9.12. The lowest BCUT2D eigenvalue weighted by atomic mass is 10.1. The molecule has 0 radical (unpaired) electrons. The molecule has 0 spiro atoms. The molecular formula is C20H22N6O. The van der Waals surface area contributed by atoms with Gasteiger partial charge in [0.15, 0.2) is 0 Å². The summed E-state index contributed by atoms with van der Waals surface area (Å²) in [6.07, 6.45) is 7.46. The number of nitrogens with one attached hydrogen (secondary N) is 2. The number of aromatic amines is 1. The Bertz CT molecular complexity index is 906. The molecule has 1 atom stereocenters. The van der Waals surface area contributed by atoms with Gasteiger partial charge in [0.25, 0.3) is 5.91 Å². The molecule has 7 heteroatoms. The van der Waals surface area contributed by atoms with Crippen molar-refractivity contribution in [2.75, 3.05) is 11.9 Å². The Morgan fingerprint density at radius 3 is 3.00 bits per heavy atom. The summed E-state index contributed by atoms with van der Waals surface area (Å²) in [5, 5.41) is 2.81. The van der Waals surface area contributed by atoms with Crippen molar-refractivity contribution in [2.24, 2.45) is 0 Å². The quantitative estimate of drug-likeness (QED) is 0.728. The highest BCUT2D eigenvalue weighted by molar-refractivity contribution is 6.02. The number of rotatable bonds is 5. The van der Waals surface area contributed by atoms with Crippen molar-refractivity contribution in [3.8, 4) is 0 Å². The number of carbonyl (C=O) groups excluding carboxylic acids is 1. The maximum atomic E-state index is 12.6. The first-order valence-corrected chi connectivity index (χ1v) is 9.12. The van der Waals surface area contributed by atoms with E-state index in [1.165, 1.54) is 0 Å². The number of aromatic nitrogens is 4. The van der Waals surface area contributed by atoms with Gasteiger partial charge >= 0.3 is 0 Å². The molecule has 3 aromatic heterocycles. The molecule has 27 heavy (non-hydrogen) atoms. The van der Waals surface area contributed by atoms with Crippen LogP contribution in [0.25, 0.3) is 0 Å². The van der Waals surface area contributed by atoms with Crippen LogP contribution in [0.2, 0.25) is 0 Å². The number of aryl methyl sites for hydroxylation is 1. The van der Waals surface area contributed by atoms with Crippen LogP contribution in [0.3, 0.4) is 0 Å². The zero-order valence-corrected chi connectivity index (χ0v) is 15.2. The molecular weight excluding hydrogens is 340 g/mol. The van der Waals surface area contributed by atoms with Gasteiger partial charge in [-0.15, -0.1) is 0 Å². The number of H-pyrrole nitrogens is 1. The predicted molar refractivity (Wildman–Crippen MR) is 102 cm³/mol. The van der Waals surface area contributed by atoms with E-state index in [1.807, 2.05) is 31.3 Å². The fourth-order valence-electron chi connectivity index (χ4n) is 3.41. The van der Waals surface area contributed by atoms with Crippen LogP contribution in [-0.2, 0) is 6.54 Å². The summed E-state index contributed by atoms with van der Waals surface area (Å²) in [7, 11) is 0. The van der Waals surface area contributed by atoms with Crippen LogP contribution >= 0.6 is 0 Å². The van der Waals surface area contributed by atoms with Crippen LogP contribution in [-0.4, -0.2) is 37.3 Å². The number of imidazole rings is 1. The lowest BCUT2D eigenvalue weighted by Gasteiger charge is -2.23. The number of hydrogen-bond acceptors (Lipinski definition) is 5. The van der Waals surface area contributed by atoms with Gasteiger partial charge in [0.2, 0.25) is 0 Å². The SMILES string of the molecule is Cc1ccc(NC(=O)c2cccc(C3CCCN3Cc3ncc[nH]3)n2)nc1. The molecule has 0 bridgehead atoms. The van der Waals surface area contributed by atoms with E-state index in [1.54, 1.807) is 24.5 Å². The number of likely N-dealkylation sites (tertiary alicyclic amines) is 1. The fourth-order valence-corrected chi connectivity index (χ4v) is 3.41. The van der Waals surface area contributed by atoms with E-state index in [4.69, 9.17) is 0 Å². The Labute approximate surface area is 157 Å². The second-order valence-corrected chi connectivity index (χ2v) is 6.79. The summed E-state index contributed by atoms with van der Waals surface area (Å²) < 4.78 is 0. The first-order chi connectivity index (χ1) is 13.2. The van der Waals surface area contributed by atoms with Crippen molar-refractivity contribution in [2.45, 2.75) is 32.4 Å². The van der Waals surface area contributed by atoms with Crippen molar-refractivity contribution < 1.29 is 4.79 Å². The molecule has 1 fully saturated rings. The number of amides is 1. The molecule has 138 valence electrons. The van der Waals surface area contributed by atoms with Crippen LogP contribution in [0.5, 0.6) is 0 Å². The topological polar surface area (TPSA) is 86.8 Å². The van der Waals surface area contributed by atoms with Gasteiger partial charge in [-0.2, -0.15) is 0 Å². The molecule has 4 heterocycles. The molecule has 1 aliphatic heterocycles. The molecule has 2 N–H and O–H groups in total. The third-order valence-electron chi connectivity index (χ3n) is 4.77. The largest absolute Gasteiger partial charge is 0.348 e. The lowest BCUT2D eigenvalue weighted by Crippen LogP contribution is -2.25. The predicted octanol–water partition coefficient (Wildman–Crippen LogP) is 3.10. The first kappa shape index (κ1) is 17.4. The van der Waals surface area contributed by atoms with Crippen LogP contribution in [0, 0.1) is 6.92 Å². The molecule has 3 aromatic rings. The second-order valence-electron chi connectivity index (χ2n) is 6.79. The van der Waals surface area contributed by atoms with E-state index >= 15 is 0 Å². The molecule has 4 rings (SSSR count). The highest BCUT2D eigenvalue weighted by Crippen LogP contribution is 2.31. The maximum absolute atomic E-state index is 12.6. The zero-order chi connectivity index (χ0) is 18.6. The summed E-state index contributed by atoms with van der Waals surface area (Å²) in [4.78, 5) is 31.2. The Kier molecular flexibility index (Phi) is 4.93. The molecule has 0 saturated carbocycles. The Morgan fingerprint density at radius 1 is 1.30 bits per heavy atom. The van der Waals surface area contributed by atoms with Gasteiger partial charge in [0, 0.05) is 18.6 Å². The minimum absolute atomic E-state index is 0.195. The van der Waals surface area contributed by atoms with Crippen molar-refractivity contribution in [1.82, 2.24) is 24.8 Å². The number of nitrogens with zero attached hydrogens (tertiary/aromatic N) is 4. The molecule has 0 aliphatic carbocycles. The Balaban J connectivity index is 1.49. The van der Waals surface area contributed by atoms with E-state index in [-0.39, 0.29) is 11.9 Å². The minimum Gasteiger partial charge on any atom is -0.348 e. The number of carbonyl (C=O) groups is 1. The van der Waals surface area contributed by atoms with Crippen molar-refractivity contribution in [1.29, 1.82) is 0 Å². The van der Waals surface area contributed by atoms with Gasteiger partial charge in [0.1, 0.15) is 17.3 Å². The summed E-state index contributed by atoms with van der Waals surface area (Å²) in [6.45, 7) is 3.71. The molecule has 1 amide bonds. The van der Waals surface area contributed by atoms with Crippen LogP contribution in [0.15, 0.2) is 48.9 Å². The molecule has 0 aromatic carbocycles. The van der Waals surface area contributed by atoms with Gasteiger partial charge in [0.05, 0.1) is 18.3 Å². The highest BCUT2D eigenvalue weighted by Gasteiger charge is 2.28. The smallest absolute Gasteiger partial charge is 0.275 e. The lowest BCUT2D eigenvalue weighted by molar-refractivity contribution is 0.102. The van der Waals surface area contributed by atoms with Gasteiger partial charge in [-0.3, -0.25) is 9.69 Å². The monoisotopic (exact) mass is 362 g/mol. The third-order valence-corrected chi connectivity index (χ3v) is 4.77. The van der Waals surface area contributed by atoms with Crippen LogP contribution in [0.1, 0.15) is 46.5 Å². The van der Waals surface area contributed by atoms with E-state index < -0.39 is 0 Å². The van der Waals surface area contributed by atoms with Gasteiger partial charge in [-0.25, -0.2) is 15.0 Å². The van der Waals surface area contributed by atoms with Gasteiger partial charge in [-0.05, 0) is 50.1 Å². The summed E-state index contributed by atoms with van der Waals surface area (Å²) in [5.74, 6) is 1.23. The summed E-state index contributed by atoms with van der Waals surface area (Å²) in [5.41, 5.74) is 2.37. The van der Waals surface area contributed by atoms with E-state index in [9.17, 15) is 4.79 Å². The van der Waals surface area contributed by atoms with Crippen molar-refractivity contribution >= 4 is 11.7 Å². The molecule has 7 nitrogen and oxygen atoms in total. The van der Waals surface area contributed by atoms with Crippen LogP contribution in [0.4, 0.5) is 5.82 Å². The second kappa shape index (κ2) is 7.67. The van der Waals surface area contributed by atoms with Gasteiger partial charge < -0.3 is 10.3 Å². The van der Waals surface area contributed by atoms with Crippen molar-refractivity contribution in [3.05, 3.63) is 71.7 Å². The Morgan fingerprint density at radius 2 is 2.22 bits per heavy atom. The standard InChI is InChI=1S/C20H22N6O/c1-14-7-8-18(23-12-14)25-20(27)16-5-2-4-15(24-16)17-6-3-11-26(17)13-19-21-9-10-22-19/h2,4-5,7-10,12,17H,3,6,11,13H2,1H3,(H,21,22)(H,23,25,27). The average Bonchev–Trinajstić information content (AvgIpc) is 3.36. The fraction of sp³-hybridized carbons (Fsp3) is 0.300. The summed E-state index contributed by atoms with van der Waals surface area (Å²) >= 11 is 0. The van der Waals surface area contributed by atoms with E-state index in [2.05, 4.69) is 30.2 Å². The number of anilines is 1. The van der Waals surface area contributed by atoms with E-state index in [0.29, 0.717) is 11.5 Å². The van der Waals surface area contributed by atoms with Crippen LogP contribution < -0.4 is 5.32 Å². The third kappa shape index (κ3) is 4.03. The minimum atomic E-state index is -0.246. The molecule has 1 saturated heterocycles. The maximum Gasteiger partial charge on any atom is 0.275 e. The highest BCUT2D eigenvalue weighted by atomic mass is 16.1. The number of pyridine rings is 2. The van der Waals surface area contributed by atoms with E-state index in [0.717, 1.165) is 43.0 Å². The number of hydrogen-bond donors (Lipinski definition) is 2. The summed E-state index contributed by atoms with van der Waals surface area (Å²) in [6, 6.07) is 9.52. The zero-order valence-electron chi connectivity index (χ0n) is 15.2. The molecule has 1 aliphatic rings.